The fourth-order valence-corrected chi connectivity index (χ4v) is 2.56. The highest BCUT2D eigenvalue weighted by Crippen LogP contribution is 2.30. The number of carboxylic acid groups (broad SMARTS) is 1. The van der Waals surface area contributed by atoms with Crippen LogP contribution in [0.25, 0.3) is 0 Å². The molecule has 1 aliphatic carbocycles. The van der Waals surface area contributed by atoms with Crippen LogP contribution < -0.4 is 0 Å². The summed E-state index contributed by atoms with van der Waals surface area (Å²) in [4.78, 5) is 24.8. The summed E-state index contributed by atoms with van der Waals surface area (Å²) in [6.45, 7) is 5.95. The smallest absolute Gasteiger partial charge is 0.323 e. The molecule has 18 heavy (non-hydrogen) atoms. The molecule has 1 amide bonds. The van der Waals surface area contributed by atoms with E-state index in [1.54, 1.807) is 4.90 Å². The molecule has 0 heterocycles. The molecule has 0 aromatic rings. The first-order valence-corrected chi connectivity index (χ1v) is 6.98. The summed E-state index contributed by atoms with van der Waals surface area (Å²) in [6, 6.07) is 0.00736. The normalized spacial score (nSPS) is 25.5. The Kier molecular flexibility index (Phi) is 5.63. The van der Waals surface area contributed by atoms with Crippen molar-refractivity contribution in [1.29, 1.82) is 0 Å². The minimum absolute atomic E-state index is 0.00736. The maximum Gasteiger partial charge on any atom is 0.323 e. The second kappa shape index (κ2) is 6.76. The van der Waals surface area contributed by atoms with Gasteiger partial charge in [-0.05, 0) is 44.9 Å². The molecule has 1 fully saturated rings. The van der Waals surface area contributed by atoms with E-state index in [-0.39, 0.29) is 24.4 Å². The van der Waals surface area contributed by atoms with Gasteiger partial charge in [-0.3, -0.25) is 9.59 Å². The van der Waals surface area contributed by atoms with Gasteiger partial charge in [0.15, 0.2) is 0 Å². The number of aliphatic carboxylic acids is 1. The molecule has 0 radical (unpaired) electrons. The van der Waals surface area contributed by atoms with Gasteiger partial charge < -0.3 is 10.0 Å². The zero-order valence-electron chi connectivity index (χ0n) is 11.7. The number of hydrogen-bond donors (Lipinski definition) is 1. The Morgan fingerprint density at radius 1 is 1.28 bits per heavy atom. The third-order valence-electron chi connectivity index (χ3n) is 4.08. The largest absolute Gasteiger partial charge is 0.480 e. The Bertz CT molecular complexity index is 295. The zero-order chi connectivity index (χ0) is 13.7. The van der Waals surface area contributed by atoms with Crippen LogP contribution in [-0.4, -0.2) is 34.5 Å². The molecule has 0 aromatic carbocycles. The Hall–Kier alpha value is -1.06. The van der Waals surface area contributed by atoms with Crippen LogP contribution in [-0.2, 0) is 9.59 Å². The maximum absolute atomic E-state index is 12.4. The third-order valence-corrected chi connectivity index (χ3v) is 4.08. The first-order chi connectivity index (χ1) is 8.45. The Labute approximate surface area is 109 Å². The molecule has 0 bridgehead atoms. The number of carboxylic acids is 1. The van der Waals surface area contributed by atoms with Crippen LogP contribution >= 0.6 is 0 Å². The van der Waals surface area contributed by atoms with Crippen LogP contribution in [0.4, 0.5) is 0 Å². The van der Waals surface area contributed by atoms with Crippen molar-refractivity contribution in [1.82, 2.24) is 4.90 Å². The standard InChI is InChI=1S/C14H25NO3/c1-4-11(3)15(9-13(16)17)14(18)12-7-5-10(2)6-8-12/h10-12H,4-9H2,1-3H3,(H,16,17). The number of amides is 1. The van der Waals surface area contributed by atoms with Gasteiger partial charge in [0, 0.05) is 12.0 Å². The SMILES string of the molecule is CCC(C)N(CC(=O)O)C(=O)C1CCC(C)CC1. The molecule has 1 atom stereocenters. The second-order valence-corrected chi connectivity index (χ2v) is 5.57. The van der Waals surface area contributed by atoms with Crippen LogP contribution in [0.5, 0.6) is 0 Å². The minimum atomic E-state index is -0.923. The Morgan fingerprint density at radius 2 is 1.83 bits per heavy atom. The van der Waals surface area contributed by atoms with Gasteiger partial charge in [0.1, 0.15) is 6.54 Å². The Balaban J connectivity index is 2.66. The average molecular weight is 255 g/mol. The topological polar surface area (TPSA) is 57.6 Å². The molecule has 0 spiro atoms. The summed E-state index contributed by atoms with van der Waals surface area (Å²) in [5, 5.41) is 8.92. The first kappa shape index (κ1) is 15.0. The summed E-state index contributed by atoms with van der Waals surface area (Å²) in [5.74, 6) is -0.147. The molecule has 1 saturated carbocycles. The van der Waals surface area contributed by atoms with Gasteiger partial charge in [0.2, 0.25) is 5.91 Å². The van der Waals surface area contributed by atoms with Gasteiger partial charge in [-0.2, -0.15) is 0 Å². The lowest BCUT2D eigenvalue weighted by atomic mass is 9.82. The van der Waals surface area contributed by atoms with Crippen LogP contribution in [0, 0.1) is 11.8 Å². The molecular formula is C14H25NO3. The van der Waals surface area contributed by atoms with Gasteiger partial charge >= 0.3 is 5.97 Å². The fourth-order valence-electron chi connectivity index (χ4n) is 2.56. The molecule has 4 heteroatoms. The van der Waals surface area contributed by atoms with Crippen LogP contribution in [0.3, 0.4) is 0 Å². The van der Waals surface area contributed by atoms with Gasteiger partial charge in [0.25, 0.3) is 0 Å². The molecule has 0 saturated heterocycles. The predicted molar refractivity (Wildman–Crippen MR) is 70.2 cm³/mol. The van der Waals surface area contributed by atoms with E-state index in [1.165, 1.54) is 0 Å². The number of carbonyl (C=O) groups is 2. The number of nitrogens with zero attached hydrogens (tertiary/aromatic N) is 1. The minimum Gasteiger partial charge on any atom is -0.480 e. The lowest BCUT2D eigenvalue weighted by molar-refractivity contribution is -0.148. The summed E-state index contributed by atoms with van der Waals surface area (Å²) in [5.41, 5.74) is 0. The van der Waals surface area contributed by atoms with Gasteiger partial charge in [-0.25, -0.2) is 0 Å². The van der Waals surface area contributed by atoms with Crippen molar-refractivity contribution in [3.05, 3.63) is 0 Å². The summed E-state index contributed by atoms with van der Waals surface area (Å²) >= 11 is 0. The average Bonchev–Trinajstić information content (AvgIpc) is 2.35. The summed E-state index contributed by atoms with van der Waals surface area (Å²) in [6.07, 6.45) is 4.77. The van der Waals surface area contributed by atoms with Crippen LogP contribution in [0.15, 0.2) is 0 Å². The van der Waals surface area contributed by atoms with Crippen molar-refractivity contribution in [3.8, 4) is 0 Å². The molecule has 1 unspecified atom stereocenters. The van der Waals surface area contributed by atoms with E-state index in [1.807, 2.05) is 13.8 Å². The second-order valence-electron chi connectivity index (χ2n) is 5.57. The number of hydrogen-bond acceptors (Lipinski definition) is 2. The molecule has 1 N–H and O–H groups in total. The highest BCUT2D eigenvalue weighted by molar-refractivity contribution is 5.83. The predicted octanol–water partition coefficient (Wildman–Crippen LogP) is 2.52. The molecule has 4 nitrogen and oxygen atoms in total. The zero-order valence-corrected chi connectivity index (χ0v) is 11.7. The van der Waals surface area contributed by atoms with E-state index in [0.29, 0.717) is 5.92 Å². The molecule has 0 aliphatic heterocycles. The molecular weight excluding hydrogens is 230 g/mol. The summed E-state index contributed by atoms with van der Waals surface area (Å²) in [7, 11) is 0. The van der Waals surface area contributed by atoms with E-state index in [2.05, 4.69) is 6.92 Å². The summed E-state index contributed by atoms with van der Waals surface area (Å²) < 4.78 is 0. The Morgan fingerprint density at radius 3 is 2.28 bits per heavy atom. The lowest BCUT2D eigenvalue weighted by Crippen LogP contribution is -2.45. The molecule has 104 valence electrons. The quantitative estimate of drug-likeness (QED) is 0.821. The molecule has 1 rings (SSSR count). The highest BCUT2D eigenvalue weighted by Gasteiger charge is 2.30. The van der Waals surface area contributed by atoms with Crippen molar-refractivity contribution in [2.24, 2.45) is 11.8 Å². The van der Waals surface area contributed by atoms with E-state index in [4.69, 9.17) is 5.11 Å². The van der Waals surface area contributed by atoms with Crippen molar-refractivity contribution < 1.29 is 14.7 Å². The van der Waals surface area contributed by atoms with E-state index < -0.39 is 5.97 Å². The first-order valence-electron chi connectivity index (χ1n) is 6.98. The van der Waals surface area contributed by atoms with Gasteiger partial charge in [0.05, 0.1) is 0 Å². The number of rotatable bonds is 5. The van der Waals surface area contributed by atoms with E-state index in [9.17, 15) is 9.59 Å². The molecule has 1 aliphatic rings. The van der Waals surface area contributed by atoms with E-state index >= 15 is 0 Å². The lowest BCUT2D eigenvalue weighted by Gasteiger charge is -2.33. The maximum atomic E-state index is 12.4. The van der Waals surface area contributed by atoms with E-state index in [0.717, 1.165) is 32.1 Å². The fraction of sp³-hybridized carbons (Fsp3) is 0.857. The monoisotopic (exact) mass is 255 g/mol. The van der Waals surface area contributed by atoms with Crippen LogP contribution in [0.1, 0.15) is 52.9 Å². The van der Waals surface area contributed by atoms with Gasteiger partial charge in [-0.1, -0.05) is 13.8 Å². The van der Waals surface area contributed by atoms with Crippen molar-refractivity contribution in [2.75, 3.05) is 6.54 Å². The number of carbonyl (C=O) groups excluding carboxylic acids is 1. The third kappa shape index (κ3) is 4.00. The molecule has 0 aromatic heterocycles. The van der Waals surface area contributed by atoms with Crippen molar-refractivity contribution >= 4 is 11.9 Å². The van der Waals surface area contributed by atoms with Crippen molar-refractivity contribution in [2.45, 2.75) is 58.9 Å². The van der Waals surface area contributed by atoms with Crippen molar-refractivity contribution in [3.63, 3.8) is 0 Å². The van der Waals surface area contributed by atoms with Gasteiger partial charge in [-0.15, -0.1) is 0 Å². The highest BCUT2D eigenvalue weighted by atomic mass is 16.4. The van der Waals surface area contributed by atoms with Crippen LogP contribution in [0.2, 0.25) is 0 Å².